The molecule has 0 N–H and O–H groups in total. The van der Waals surface area contributed by atoms with Gasteiger partial charge in [-0.15, -0.1) is 11.3 Å². The normalized spacial score (nSPS) is 10.2. The minimum Gasteiger partial charge on any atom is -0.456 e. The molecular weight excluding hydrogens is 344 g/mol. The average molecular weight is 355 g/mol. The smallest absolute Gasteiger partial charge is 0.338 e. The van der Waals surface area contributed by atoms with E-state index in [-0.39, 0.29) is 6.61 Å². The Morgan fingerprint density at radius 3 is 2.67 bits per heavy atom. The zero-order chi connectivity index (χ0) is 16.9. The number of esters is 1. The van der Waals surface area contributed by atoms with Crippen LogP contribution in [-0.4, -0.2) is 11.0 Å². The molecule has 118 valence electrons. The van der Waals surface area contributed by atoms with Gasteiger partial charge in [-0.3, -0.25) is 0 Å². The lowest BCUT2D eigenvalue weighted by molar-refractivity contribution is 0.0468. The zero-order valence-electron chi connectivity index (χ0n) is 12.4. The minimum absolute atomic E-state index is 0.0831. The minimum atomic E-state index is -0.452. The maximum Gasteiger partial charge on any atom is 0.338 e. The van der Waals surface area contributed by atoms with Crippen LogP contribution >= 0.6 is 22.9 Å². The highest BCUT2D eigenvalue weighted by atomic mass is 35.5. The molecule has 0 aliphatic carbocycles. The molecule has 6 heteroatoms. The number of halogens is 1. The molecule has 0 atom stereocenters. The summed E-state index contributed by atoms with van der Waals surface area (Å²) in [6.07, 6.45) is 0. The lowest BCUT2D eigenvalue weighted by atomic mass is 10.1. The highest BCUT2D eigenvalue weighted by Gasteiger charge is 2.11. The van der Waals surface area contributed by atoms with Crippen molar-refractivity contribution in [2.24, 2.45) is 0 Å². The number of thiazole rings is 1. The number of benzene rings is 2. The topological polar surface area (TPSA) is 63.0 Å². The van der Waals surface area contributed by atoms with Gasteiger partial charge in [0.05, 0.1) is 27.9 Å². The first kappa shape index (κ1) is 16.2. The predicted molar refractivity (Wildman–Crippen MR) is 92.8 cm³/mol. The van der Waals surface area contributed by atoms with E-state index in [1.165, 1.54) is 11.3 Å². The summed E-state index contributed by atoms with van der Waals surface area (Å²) in [4.78, 5) is 16.4. The van der Waals surface area contributed by atoms with Gasteiger partial charge in [-0.05, 0) is 30.3 Å². The fourth-order valence-corrected chi connectivity index (χ4v) is 3.16. The van der Waals surface area contributed by atoms with Crippen LogP contribution in [0.1, 0.15) is 21.6 Å². The first-order chi connectivity index (χ1) is 11.7. The number of hydrogen-bond acceptors (Lipinski definition) is 5. The van der Waals surface area contributed by atoms with Crippen LogP contribution in [0, 0.1) is 11.3 Å². The molecule has 2 aromatic carbocycles. The molecule has 0 amide bonds. The molecule has 0 aliphatic heterocycles. The molecule has 0 aliphatic rings. The van der Waals surface area contributed by atoms with Crippen LogP contribution in [-0.2, 0) is 11.3 Å². The van der Waals surface area contributed by atoms with E-state index in [1.54, 1.807) is 24.3 Å². The Balaban J connectivity index is 1.66. The lowest BCUT2D eigenvalue weighted by Gasteiger charge is -2.03. The quantitative estimate of drug-likeness (QED) is 0.637. The molecule has 0 radical (unpaired) electrons. The van der Waals surface area contributed by atoms with E-state index >= 15 is 0 Å². The maximum atomic E-state index is 12.0. The average Bonchev–Trinajstić information content (AvgIpc) is 3.09. The van der Waals surface area contributed by atoms with Crippen LogP contribution in [0.25, 0.3) is 10.6 Å². The lowest BCUT2D eigenvalue weighted by Crippen LogP contribution is -2.05. The Morgan fingerprint density at radius 1 is 1.21 bits per heavy atom. The largest absolute Gasteiger partial charge is 0.456 e. The number of carbonyl (C=O) groups excluding carboxylic acids is 1. The molecule has 3 aromatic rings. The summed E-state index contributed by atoms with van der Waals surface area (Å²) in [5.74, 6) is -0.452. The van der Waals surface area contributed by atoms with E-state index in [0.29, 0.717) is 21.8 Å². The van der Waals surface area contributed by atoms with Crippen molar-refractivity contribution < 1.29 is 9.53 Å². The number of ether oxygens (including phenoxy) is 1. The summed E-state index contributed by atoms with van der Waals surface area (Å²) < 4.78 is 5.26. The van der Waals surface area contributed by atoms with Crippen LogP contribution in [0.2, 0.25) is 5.02 Å². The molecule has 0 saturated heterocycles. The number of rotatable bonds is 4. The monoisotopic (exact) mass is 354 g/mol. The Kier molecular flexibility index (Phi) is 4.90. The number of aromatic nitrogens is 1. The van der Waals surface area contributed by atoms with Gasteiger partial charge in [0.1, 0.15) is 11.6 Å². The summed E-state index contributed by atoms with van der Waals surface area (Å²) in [6, 6.07) is 15.8. The SMILES string of the molecule is N#Cc1ccc(C(=O)OCc2csc(-c3ccccc3Cl)n2)cc1. The van der Waals surface area contributed by atoms with Gasteiger partial charge in [0.2, 0.25) is 0 Å². The standard InChI is InChI=1S/C18H11ClN2O2S/c19-16-4-2-1-3-15(16)17-21-14(11-24-17)10-23-18(22)13-7-5-12(9-20)6-8-13/h1-8,11H,10H2. The van der Waals surface area contributed by atoms with Crippen molar-refractivity contribution in [2.75, 3.05) is 0 Å². The number of nitriles is 1. The summed E-state index contributed by atoms with van der Waals surface area (Å²) >= 11 is 7.61. The van der Waals surface area contributed by atoms with Gasteiger partial charge < -0.3 is 4.74 Å². The van der Waals surface area contributed by atoms with Crippen LogP contribution in [0.15, 0.2) is 53.9 Å². The fraction of sp³-hybridized carbons (Fsp3) is 0.0556. The van der Waals surface area contributed by atoms with E-state index in [4.69, 9.17) is 21.6 Å². The van der Waals surface area contributed by atoms with Gasteiger partial charge >= 0.3 is 5.97 Å². The zero-order valence-corrected chi connectivity index (χ0v) is 14.0. The van der Waals surface area contributed by atoms with Gasteiger partial charge in [-0.1, -0.05) is 29.8 Å². The van der Waals surface area contributed by atoms with Gasteiger partial charge in [0, 0.05) is 10.9 Å². The summed E-state index contributed by atoms with van der Waals surface area (Å²) in [7, 11) is 0. The molecular formula is C18H11ClN2O2S. The molecule has 24 heavy (non-hydrogen) atoms. The Labute approximate surface area is 147 Å². The number of hydrogen-bond donors (Lipinski definition) is 0. The predicted octanol–water partition coefficient (Wildman–Crippen LogP) is 4.69. The number of nitrogens with zero attached hydrogens (tertiary/aromatic N) is 2. The van der Waals surface area contributed by atoms with Crippen LogP contribution in [0.5, 0.6) is 0 Å². The second-order valence-corrected chi connectivity index (χ2v) is 6.15. The third-order valence-corrected chi connectivity index (χ3v) is 4.51. The van der Waals surface area contributed by atoms with Crippen molar-refractivity contribution in [1.82, 2.24) is 4.98 Å². The third kappa shape index (κ3) is 3.62. The summed E-state index contributed by atoms with van der Waals surface area (Å²) in [5, 5.41) is 12.0. The highest BCUT2D eigenvalue weighted by molar-refractivity contribution is 7.13. The fourth-order valence-electron chi connectivity index (χ4n) is 2.04. The van der Waals surface area contributed by atoms with E-state index < -0.39 is 5.97 Å². The summed E-state index contributed by atoms with van der Waals surface area (Å²) in [5.41, 5.74) is 2.41. The van der Waals surface area contributed by atoms with Crippen molar-refractivity contribution in [2.45, 2.75) is 6.61 Å². The van der Waals surface area contributed by atoms with Crippen molar-refractivity contribution in [3.63, 3.8) is 0 Å². The molecule has 0 spiro atoms. The van der Waals surface area contributed by atoms with Crippen molar-refractivity contribution in [3.8, 4) is 16.6 Å². The van der Waals surface area contributed by atoms with Crippen molar-refractivity contribution in [1.29, 1.82) is 5.26 Å². The first-order valence-corrected chi connectivity index (χ1v) is 8.30. The van der Waals surface area contributed by atoms with E-state index in [9.17, 15) is 4.79 Å². The first-order valence-electron chi connectivity index (χ1n) is 7.04. The van der Waals surface area contributed by atoms with Crippen LogP contribution < -0.4 is 0 Å². The van der Waals surface area contributed by atoms with E-state index in [1.807, 2.05) is 35.7 Å². The third-order valence-electron chi connectivity index (χ3n) is 3.26. The van der Waals surface area contributed by atoms with Gasteiger partial charge in [-0.25, -0.2) is 9.78 Å². The summed E-state index contributed by atoms with van der Waals surface area (Å²) in [6.45, 7) is 0.0831. The van der Waals surface area contributed by atoms with E-state index in [0.717, 1.165) is 10.6 Å². The molecule has 4 nitrogen and oxygen atoms in total. The number of carbonyl (C=O) groups is 1. The molecule has 3 rings (SSSR count). The highest BCUT2D eigenvalue weighted by Crippen LogP contribution is 2.30. The maximum absolute atomic E-state index is 12.0. The van der Waals surface area contributed by atoms with Crippen LogP contribution in [0.3, 0.4) is 0 Å². The second-order valence-electron chi connectivity index (χ2n) is 4.89. The van der Waals surface area contributed by atoms with Crippen LogP contribution in [0.4, 0.5) is 0 Å². The molecule has 1 heterocycles. The Hall–Kier alpha value is -2.68. The van der Waals surface area contributed by atoms with E-state index in [2.05, 4.69) is 4.98 Å². The Bertz CT molecular complexity index is 913. The van der Waals surface area contributed by atoms with Gasteiger partial charge in [0.25, 0.3) is 0 Å². The molecule has 0 unspecified atom stereocenters. The molecule has 0 bridgehead atoms. The molecule has 1 aromatic heterocycles. The molecule has 0 fully saturated rings. The van der Waals surface area contributed by atoms with Gasteiger partial charge in [0.15, 0.2) is 0 Å². The second kappa shape index (κ2) is 7.26. The van der Waals surface area contributed by atoms with Crippen molar-refractivity contribution in [3.05, 3.63) is 75.8 Å². The molecule has 0 saturated carbocycles. The Morgan fingerprint density at radius 2 is 1.96 bits per heavy atom. The van der Waals surface area contributed by atoms with Gasteiger partial charge in [-0.2, -0.15) is 5.26 Å². The van der Waals surface area contributed by atoms with Crippen molar-refractivity contribution >= 4 is 28.9 Å².